The number of carbonyl (C=O) groups excluding carboxylic acids is 1. The third-order valence-corrected chi connectivity index (χ3v) is 8.44. The number of rotatable bonds is 12. The van der Waals surface area contributed by atoms with E-state index in [0.29, 0.717) is 17.8 Å². The zero-order valence-corrected chi connectivity index (χ0v) is 16.7. The van der Waals surface area contributed by atoms with E-state index in [9.17, 15) is 4.79 Å². The molecular formula is C18H38O3Si. The van der Waals surface area contributed by atoms with Crippen molar-refractivity contribution >= 4 is 14.3 Å². The summed E-state index contributed by atoms with van der Waals surface area (Å²) in [7, 11) is -2.04. The molecule has 0 amide bonds. The van der Waals surface area contributed by atoms with Gasteiger partial charge in [0.15, 0.2) is 0 Å². The first-order valence-corrected chi connectivity index (χ1v) is 11.6. The predicted octanol–water partition coefficient (Wildman–Crippen LogP) is 5.00. The van der Waals surface area contributed by atoms with Crippen molar-refractivity contribution in [1.29, 1.82) is 0 Å². The van der Waals surface area contributed by atoms with Gasteiger partial charge in [0.25, 0.3) is 14.3 Å². The quantitative estimate of drug-likeness (QED) is 0.512. The van der Waals surface area contributed by atoms with Crippen molar-refractivity contribution in [3.63, 3.8) is 0 Å². The van der Waals surface area contributed by atoms with Crippen LogP contribution in [0.5, 0.6) is 0 Å². The molecule has 132 valence electrons. The molecule has 0 bridgehead atoms. The van der Waals surface area contributed by atoms with Crippen LogP contribution >= 0.6 is 0 Å². The fourth-order valence-electron chi connectivity index (χ4n) is 2.57. The van der Waals surface area contributed by atoms with E-state index >= 15 is 0 Å². The normalized spacial score (nSPS) is 12.5. The summed E-state index contributed by atoms with van der Waals surface area (Å²) in [4.78, 5) is 12.0. The van der Waals surface area contributed by atoms with Crippen LogP contribution in [0.4, 0.5) is 0 Å². The molecule has 0 aromatic heterocycles. The maximum atomic E-state index is 12.0. The molecule has 0 rings (SSSR count). The van der Waals surface area contributed by atoms with Gasteiger partial charge in [-0.05, 0) is 35.9 Å². The molecule has 22 heavy (non-hydrogen) atoms. The number of aliphatic hydroxyl groups excluding tert-OH is 1. The second-order valence-electron chi connectivity index (χ2n) is 7.93. The number of hydrogen-bond acceptors (Lipinski definition) is 3. The Kier molecular flexibility index (Phi) is 11.0. The summed E-state index contributed by atoms with van der Waals surface area (Å²) in [6, 6.07) is 3.21. The van der Waals surface area contributed by atoms with Gasteiger partial charge < -0.3 is 9.53 Å². The molecular weight excluding hydrogens is 292 g/mol. The first-order valence-electron chi connectivity index (χ1n) is 9.03. The van der Waals surface area contributed by atoms with E-state index in [1.807, 2.05) is 0 Å². The standard InChI is InChI=1S/C18H38O3Si/c1-15(2)8-12-22(13-9-16(3)4,14-10-17(5)6)21-18(20)7-11-19/h15-17,19H,7-14H2,1-6H3. The molecule has 0 aromatic rings. The third-order valence-electron chi connectivity index (χ3n) is 4.18. The topological polar surface area (TPSA) is 46.5 Å². The van der Waals surface area contributed by atoms with Crippen LogP contribution < -0.4 is 0 Å². The highest BCUT2D eigenvalue weighted by Gasteiger charge is 2.37. The van der Waals surface area contributed by atoms with E-state index in [2.05, 4.69) is 41.5 Å². The molecule has 0 atom stereocenters. The largest absolute Gasteiger partial charge is 0.519 e. The Hall–Kier alpha value is -0.353. The van der Waals surface area contributed by atoms with E-state index in [1.54, 1.807) is 0 Å². The summed E-state index contributed by atoms with van der Waals surface area (Å²) in [6.45, 7) is 13.3. The summed E-state index contributed by atoms with van der Waals surface area (Å²) < 4.78 is 6.07. The van der Waals surface area contributed by atoms with Crippen molar-refractivity contribution in [2.45, 2.75) is 85.4 Å². The highest BCUT2D eigenvalue weighted by Crippen LogP contribution is 2.32. The first kappa shape index (κ1) is 21.6. The van der Waals surface area contributed by atoms with E-state index < -0.39 is 8.32 Å². The van der Waals surface area contributed by atoms with Gasteiger partial charge in [-0.2, -0.15) is 0 Å². The minimum atomic E-state index is -2.04. The minimum absolute atomic E-state index is 0.109. The van der Waals surface area contributed by atoms with Crippen LogP contribution in [-0.2, 0) is 9.22 Å². The maximum Gasteiger partial charge on any atom is 0.294 e. The second kappa shape index (κ2) is 11.2. The van der Waals surface area contributed by atoms with Crippen LogP contribution in [0.15, 0.2) is 0 Å². The van der Waals surface area contributed by atoms with Crippen molar-refractivity contribution in [3.8, 4) is 0 Å². The predicted molar refractivity (Wildman–Crippen MR) is 96.3 cm³/mol. The fraction of sp³-hybridized carbons (Fsp3) is 0.944. The molecule has 0 saturated heterocycles. The van der Waals surface area contributed by atoms with Gasteiger partial charge in [-0.15, -0.1) is 0 Å². The van der Waals surface area contributed by atoms with Crippen LogP contribution in [0, 0.1) is 17.8 Å². The highest BCUT2D eigenvalue weighted by molar-refractivity contribution is 6.75. The van der Waals surface area contributed by atoms with Gasteiger partial charge in [0, 0.05) is 0 Å². The fourth-order valence-corrected chi connectivity index (χ4v) is 7.52. The van der Waals surface area contributed by atoms with Gasteiger partial charge in [0.1, 0.15) is 0 Å². The molecule has 0 aromatic carbocycles. The van der Waals surface area contributed by atoms with Crippen molar-refractivity contribution in [1.82, 2.24) is 0 Å². The molecule has 0 aliphatic carbocycles. The molecule has 1 N–H and O–H groups in total. The minimum Gasteiger partial charge on any atom is -0.519 e. The average molecular weight is 331 g/mol. The summed E-state index contributed by atoms with van der Waals surface area (Å²) in [5, 5.41) is 9.00. The van der Waals surface area contributed by atoms with Gasteiger partial charge in [0.2, 0.25) is 0 Å². The van der Waals surface area contributed by atoms with Crippen LogP contribution in [0.1, 0.15) is 67.2 Å². The lowest BCUT2D eigenvalue weighted by atomic mass is 10.2. The third kappa shape index (κ3) is 10.4. The average Bonchev–Trinajstić information content (AvgIpc) is 2.40. The highest BCUT2D eigenvalue weighted by atomic mass is 28.4. The van der Waals surface area contributed by atoms with Crippen LogP contribution in [0.3, 0.4) is 0 Å². The number of hydrogen-bond donors (Lipinski definition) is 1. The molecule has 0 saturated carbocycles. The SMILES string of the molecule is CC(C)CC[Si](CCC(C)C)(CCC(C)C)OC(=O)CCO. The molecule has 4 heteroatoms. The van der Waals surface area contributed by atoms with Crippen LogP contribution in [0.2, 0.25) is 18.1 Å². The molecule has 0 fully saturated rings. The second-order valence-corrected chi connectivity index (χ2v) is 12.0. The molecule has 0 aliphatic heterocycles. The monoisotopic (exact) mass is 330 g/mol. The molecule has 3 nitrogen and oxygen atoms in total. The Bertz CT molecular complexity index is 269. The lowest BCUT2D eigenvalue weighted by Crippen LogP contribution is -2.41. The van der Waals surface area contributed by atoms with E-state index in [1.165, 1.54) is 0 Å². The Morgan fingerprint density at radius 1 is 0.864 bits per heavy atom. The number of aliphatic hydroxyl groups is 1. The van der Waals surface area contributed by atoms with Crippen molar-refractivity contribution in [2.75, 3.05) is 6.61 Å². The maximum absolute atomic E-state index is 12.0. The van der Waals surface area contributed by atoms with Crippen molar-refractivity contribution in [2.24, 2.45) is 17.8 Å². The van der Waals surface area contributed by atoms with Crippen LogP contribution in [0.25, 0.3) is 0 Å². The Labute approximate surface area is 139 Å². The smallest absolute Gasteiger partial charge is 0.294 e. The number of carbonyl (C=O) groups is 1. The molecule has 0 unspecified atom stereocenters. The zero-order valence-electron chi connectivity index (χ0n) is 15.7. The van der Waals surface area contributed by atoms with E-state index in [0.717, 1.165) is 37.4 Å². The summed E-state index contributed by atoms with van der Waals surface area (Å²) in [5.74, 6) is 1.73. The van der Waals surface area contributed by atoms with Gasteiger partial charge >= 0.3 is 0 Å². The molecule has 0 spiro atoms. The van der Waals surface area contributed by atoms with Crippen molar-refractivity contribution < 1.29 is 14.3 Å². The van der Waals surface area contributed by atoms with Gasteiger partial charge in [0.05, 0.1) is 13.0 Å². The molecule has 0 aliphatic rings. The zero-order chi connectivity index (χ0) is 17.2. The van der Waals surface area contributed by atoms with E-state index in [4.69, 9.17) is 9.53 Å². The lowest BCUT2D eigenvalue weighted by Gasteiger charge is -2.33. The van der Waals surface area contributed by atoms with Crippen molar-refractivity contribution in [3.05, 3.63) is 0 Å². The summed E-state index contributed by atoms with van der Waals surface area (Å²) in [5.41, 5.74) is 0. The first-order chi connectivity index (χ1) is 10.2. The summed E-state index contributed by atoms with van der Waals surface area (Å²) >= 11 is 0. The van der Waals surface area contributed by atoms with Gasteiger partial charge in [-0.25, -0.2) is 0 Å². The molecule has 0 radical (unpaired) electrons. The Morgan fingerprint density at radius 2 is 1.23 bits per heavy atom. The Balaban J connectivity index is 5.03. The Morgan fingerprint density at radius 3 is 1.50 bits per heavy atom. The van der Waals surface area contributed by atoms with Gasteiger partial charge in [-0.3, -0.25) is 4.79 Å². The molecule has 0 heterocycles. The lowest BCUT2D eigenvalue weighted by molar-refractivity contribution is -0.136. The summed E-state index contributed by atoms with van der Waals surface area (Å²) in [6.07, 6.45) is 3.54. The van der Waals surface area contributed by atoms with E-state index in [-0.39, 0.29) is 19.0 Å². The van der Waals surface area contributed by atoms with Crippen LogP contribution in [-0.4, -0.2) is 26.0 Å². The van der Waals surface area contributed by atoms with Gasteiger partial charge in [-0.1, -0.05) is 60.8 Å².